The molecule has 0 radical (unpaired) electrons. The molecule has 5 heteroatoms. The van der Waals surface area contributed by atoms with E-state index < -0.39 is 17.4 Å². The summed E-state index contributed by atoms with van der Waals surface area (Å²) in [7, 11) is 0. The van der Waals surface area contributed by atoms with Crippen LogP contribution in [0, 0.1) is 11.3 Å². The molecule has 1 fully saturated rings. The minimum atomic E-state index is -0.654. The molecule has 5 nitrogen and oxygen atoms in total. The summed E-state index contributed by atoms with van der Waals surface area (Å²) in [5.74, 6) is -0.546. The summed E-state index contributed by atoms with van der Waals surface area (Å²) < 4.78 is 15.9. The Kier molecular flexibility index (Phi) is 4.86. The number of carbonyl (C=O) groups excluding carboxylic acids is 2. The number of fused-ring (bicyclic) bond motifs is 1. The van der Waals surface area contributed by atoms with Gasteiger partial charge in [-0.3, -0.25) is 4.79 Å². The Bertz CT molecular complexity index is 560. The average Bonchev–Trinajstić information content (AvgIpc) is 2.80. The van der Waals surface area contributed by atoms with Crippen LogP contribution in [0.5, 0.6) is 0 Å². The van der Waals surface area contributed by atoms with Gasteiger partial charge in [-0.2, -0.15) is 0 Å². The van der Waals surface area contributed by atoms with Crippen molar-refractivity contribution in [1.29, 1.82) is 0 Å². The number of rotatable bonds is 3. The normalized spacial score (nSPS) is 21.1. The highest BCUT2D eigenvalue weighted by Gasteiger charge is 2.29. The third-order valence-corrected chi connectivity index (χ3v) is 3.43. The third kappa shape index (κ3) is 3.65. The van der Waals surface area contributed by atoms with Gasteiger partial charge in [0.25, 0.3) is 0 Å². The third-order valence-electron chi connectivity index (χ3n) is 3.43. The van der Waals surface area contributed by atoms with Crippen LogP contribution in [0.25, 0.3) is 0 Å². The molecule has 0 saturated carbocycles. The number of hydrogen-bond donors (Lipinski definition) is 0. The molecule has 0 aromatic carbocycles. The molecular weight excluding hydrogens is 284 g/mol. The Morgan fingerprint density at radius 1 is 1.36 bits per heavy atom. The lowest BCUT2D eigenvalue weighted by atomic mass is 9.97. The Labute approximate surface area is 130 Å². The number of ether oxygens (including phenoxy) is 3. The van der Waals surface area contributed by atoms with Crippen LogP contribution in [0.1, 0.15) is 27.7 Å². The van der Waals surface area contributed by atoms with Gasteiger partial charge in [-0.15, -0.1) is 0 Å². The highest BCUT2D eigenvalue weighted by molar-refractivity contribution is 5.94. The van der Waals surface area contributed by atoms with Gasteiger partial charge in [0.05, 0.1) is 25.2 Å². The lowest BCUT2D eigenvalue weighted by Crippen LogP contribution is -2.23. The number of esters is 2. The van der Waals surface area contributed by atoms with Crippen molar-refractivity contribution in [3.8, 4) is 0 Å². The molecule has 22 heavy (non-hydrogen) atoms. The van der Waals surface area contributed by atoms with Crippen LogP contribution in [0.15, 0.2) is 35.1 Å². The number of carbonyl (C=O) groups is 2. The highest BCUT2D eigenvalue weighted by atomic mass is 16.5. The van der Waals surface area contributed by atoms with Gasteiger partial charge in [-0.25, -0.2) is 4.79 Å². The van der Waals surface area contributed by atoms with E-state index in [9.17, 15) is 9.59 Å². The summed E-state index contributed by atoms with van der Waals surface area (Å²) in [6, 6.07) is 0. The van der Waals surface area contributed by atoms with Gasteiger partial charge in [-0.1, -0.05) is 6.08 Å². The molecule has 1 atom stereocenters. The average molecular weight is 306 g/mol. The van der Waals surface area contributed by atoms with Crippen molar-refractivity contribution in [2.45, 2.75) is 27.7 Å². The van der Waals surface area contributed by atoms with Gasteiger partial charge >= 0.3 is 11.9 Å². The standard InChI is InChI=1S/C17H22O5/c1-5-21-15(18)13-8-12-10-20-9-11(12)6-7-14(13)22-16(19)17(2,3)4/h6-8,11H,5,9-10H2,1-4H3/t11-/m0/s1. The second kappa shape index (κ2) is 6.48. The monoisotopic (exact) mass is 306 g/mol. The number of hydrogen-bond acceptors (Lipinski definition) is 5. The van der Waals surface area contributed by atoms with E-state index in [1.807, 2.05) is 6.08 Å². The predicted octanol–water partition coefficient (Wildman–Crippen LogP) is 2.54. The first-order valence-corrected chi connectivity index (χ1v) is 7.43. The van der Waals surface area contributed by atoms with Gasteiger partial charge in [-0.05, 0) is 45.4 Å². The van der Waals surface area contributed by atoms with Gasteiger partial charge in [0.2, 0.25) is 0 Å². The Morgan fingerprint density at radius 2 is 2.09 bits per heavy atom. The molecule has 2 rings (SSSR count). The molecule has 1 aliphatic heterocycles. The summed E-state index contributed by atoms with van der Waals surface area (Å²) in [6.07, 6.45) is 5.29. The molecular formula is C17H22O5. The highest BCUT2D eigenvalue weighted by Crippen LogP contribution is 2.29. The Morgan fingerprint density at radius 3 is 2.73 bits per heavy atom. The fourth-order valence-corrected chi connectivity index (χ4v) is 2.11. The van der Waals surface area contributed by atoms with E-state index in [0.29, 0.717) is 13.2 Å². The summed E-state index contributed by atoms with van der Waals surface area (Å²) in [4.78, 5) is 24.3. The molecule has 0 amide bonds. The van der Waals surface area contributed by atoms with Crippen molar-refractivity contribution < 1.29 is 23.8 Å². The van der Waals surface area contributed by atoms with Crippen molar-refractivity contribution in [3.63, 3.8) is 0 Å². The molecule has 0 N–H and O–H groups in total. The van der Waals surface area contributed by atoms with Gasteiger partial charge < -0.3 is 14.2 Å². The van der Waals surface area contributed by atoms with Crippen LogP contribution in [-0.2, 0) is 23.8 Å². The van der Waals surface area contributed by atoms with Gasteiger partial charge in [0.1, 0.15) is 11.3 Å². The van der Waals surface area contributed by atoms with E-state index in [0.717, 1.165) is 5.57 Å². The van der Waals surface area contributed by atoms with E-state index in [2.05, 4.69) is 0 Å². The molecule has 2 aliphatic rings. The van der Waals surface area contributed by atoms with E-state index >= 15 is 0 Å². The predicted molar refractivity (Wildman–Crippen MR) is 80.7 cm³/mol. The van der Waals surface area contributed by atoms with Crippen LogP contribution >= 0.6 is 0 Å². The van der Waals surface area contributed by atoms with Crippen molar-refractivity contribution in [2.75, 3.05) is 19.8 Å². The van der Waals surface area contributed by atoms with E-state index in [1.165, 1.54) is 0 Å². The zero-order chi connectivity index (χ0) is 16.3. The molecule has 120 valence electrons. The lowest BCUT2D eigenvalue weighted by molar-refractivity contribution is -0.148. The Balaban J connectivity index is 2.38. The van der Waals surface area contributed by atoms with Crippen molar-refractivity contribution >= 4 is 11.9 Å². The zero-order valence-corrected chi connectivity index (χ0v) is 13.5. The smallest absolute Gasteiger partial charge is 0.341 e. The fourth-order valence-electron chi connectivity index (χ4n) is 2.11. The van der Waals surface area contributed by atoms with Crippen LogP contribution in [-0.4, -0.2) is 31.8 Å². The van der Waals surface area contributed by atoms with Crippen LogP contribution in [0.2, 0.25) is 0 Å². The van der Waals surface area contributed by atoms with Crippen molar-refractivity contribution in [2.24, 2.45) is 11.3 Å². The summed E-state index contributed by atoms with van der Waals surface area (Å²) in [5, 5.41) is 0. The maximum Gasteiger partial charge on any atom is 0.341 e. The summed E-state index contributed by atoms with van der Waals surface area (Å²) in [6.45, 7) is 8.33. The first-order valence-electron chi connectivity index (χ1n) is 7.43. The quantitative estimate of drug-likeness (QED) is 0.750. The van der Waals surface area contributed by atoms with Crippen molar-refractivity contribution in [1.82, 2.24) is 0 Å². The number of allylic oxidation sites excluding steroid dienone is 1. The van der Waals surface area contributed by atoms with E-state index in [4.69, 9.17) is 14.2 Å². The maximum absolute atomic E-state index is 12.2. The zero-order valence-electron chi connectivity index (χ0n) is 13.5. The molecule has 0 aromatic heterocycles. The van der Waals surface area contributed by atoms with Crippen LogP contribution in [0.4, 0.5) is 0 Å². The molecule has 0 bridgehead atoms. The van der Waals surface area contributed by atoms with Crippen molar-refractivity contribution in [3.05, 3.63) is 35.1 Å². The van der Waals surface area contributed by atoms with E-state index in [-0.39, 0.29) is 23.9 Å². The first kappa shape index (κ1) is 16.5. The molecule has 0 aromatic rings. The second-order valence-electron chi connectivity index (χ2n) is 6.34. The molecule has 1 aliphatic carbocycles. The molecule has 0 unspecified atom stereocenters. The first-order chi connectivity index (χ1) is 10.3. The Hall–Kier alpha value is -1.88. The van der Waals surface area contributed by atoms with Gasteiger partial charge in [0, 0.05) is 5.92 Å². The van der Waals surface area contributed by atoms with Crippen LogP contribution < -0.4 is 0 Å². The molecule has 0 spiro atoms. The summed E-state index contributed by atoms with van der Waals surface area (Å²) >= 11 is 0. The minimum Gasteiger partial charge on any atom is -0.462 e. The molecule has 1 saturated heterocycles. The van der Waals surface area contributed by atoms with Crippen LogP contribution in [0.3, 0.4) is 0 Å². The maximum atomic E-state index is 12.2. The largest absolute Gasteiger partial charge is 0.462 e. The molecule has 1 heterocycles. The topological polar surface area (TPSA) is 61.8 Å². The lowest BCUT2D eigenvalue weighted by Gasteiger charge is -2.17. The summed E-state index contributed by atoms with van der Waals surface area (Å²) in [5.41, 5.74) is 0.596. The van der Waals surface area contributed by atoms with E-state index in [1.54, 1.807) is 39.8 Å². The van der Waals surface area contributed by atoms with Gasteiger partial charge in [0.15, 0.2) is 0 Å². The minimum absolute atomic E-state index is 0.107. The fraction of sp³-hybridized carbons (Fsp3) is 0.529. The second-order valence-corrected chi connectivity index (χ2v) is 6.34. The SMILES string of the molecule is CCOC(=O)C1=C(OC(=O)C(C)(C)C)C=C[C@H]2COCC2=C1.